The molecule has 7 heteroatoms. The molecule has 0 radical (unpaired) electrons. The molecule has 0 bridgehead atoms. The third-order valence-corrected chi connectivity index (χ3v) is 3.65. The first-order valence-electron chi connectivity index (χ1n) is 6.99. The van der Waals surface area contributed by atoms with Crippen LogP contribution in [0.2, 0.25) is 5.02 Å². The lowest BCUT2D eigenvalue weighted by Crippen LogP contribution is -2.33. The molecule has 1 aliphatic rings. The number of benzene rings is 1. The Kier molecular flexibility index (Phi) is 5.74. The van der Waals surface area contributed by atoms with Gasteiger partial charge >= 0.3 is 5.97 Å². The molecule has 1 saturated carbocycles. The van der Waals surface area contributed by atoms with Crippen LogP contribution < -0.4 is 5.32 Å². The van der Waals surface area contributed by atoms with E-state index >= 15 is 0 Å². The van der Waals surface area contributed by atoms with E-state index in [4.69, 9.17) is 21.4 Å². The van der Waals surface area contributed by atoms with Gasteiger partial charge in [0, 0.05) is 0 Å². The lowest BCUT2D eigenvalue weighted by atomic mass is 10.0. The molecule has 0 aromatic heterocycles. The molecule has 0 saturated heterocycles. The maximum atomic E-state index is 13.5. The molecule has 22 heavy (non-hydrogen) atoms. The van der Waals surface area contributed by atoms with E-state index in [1.54, 1.807) is 0 Å². The maximum Gasteiger partial charge on any atom is 0.305 e. The predicted molar refractivity (Wildman–Crippen MR) is 78.1 cm³/mol. The van der Waals surface area contributed by atoms with Gasteiger partial charge in [-0.15, -0.1) is 0 Å². The van der Waals surface area contributed by atoms with Gasteiger partial charge in [0.1, 0.15) is 12.4 Å². The van der Waals surface area contributed by atoms with Gasteiger partial charge in [0.25, 0.3) is 0 Å². The van der Waals surface area contributed by atoms with Crippen molar-refractivity contribution in [3.8, 4) is 0 Å². The van der Waals surface area contributed by atoms with Crippen molar-refractivity contribution in [2.24, 2.45) is 5.92 Å². The number of carboxylic acids is 1. The minimum absolute atomic E-state index is 0.0584. The molecule has 1 aromatic carbocycles. The van der Waals surface area contributed by atoms with Crippen LogP contribution in [0, 0.1) is 11.7 Å². The molecule has 2 N–H and O–H groups in total. The second-order valence-corrected chi connectivity index (χ2v) is 5.76. The van der Waals surface area contributed by atoms with Crippen LogP contribution in [0.5, 0.6) is 0 Å². The Morgan fingerprint density at radius 2 is 2.18 bits per heavy atom. The molecule has 1 atom stereocenters. The summed E-state index contributed by atoms with van der Waals surface area (Å²) in [5, 5.41) is 11.4. The zero-order chi connectivity index (χ0) is 16.1. The largest absolute Gasteiger partial charge is 0.481 e. The van der Waals surface area contributed by atoms with Gasteiger partial charge in [-0.3, -0.25) is 9.59 Å². The summed E-state index contributed by atoms with van der Waals surface area (Å²) in [7, 11) is 0. The van der Waals surface area contributed by atoms with E-state index in [-0.39, 0.29) is 18.1 Å². The Bertz CT molecular complexity index is 562. The second kappa shape index (κ2) is 7.56. The Hall–Kier alpha value is -1.66. The van der Waals surface area contributed by atoms with Crippen molar-refractivity contribution in [1.82, 2.24) is 5.32 Å². The lowest BCUT2D eigenvalue weighted by molar-refractivity contribution is -0.138. The summed E-state index contributed by atoms with van der Waals surface area (Å²) < 4.78 is 18.7. The van der Waals surface area contributed by atoms with E-state index in [2.05, 4.69) is 5.32 Å². The van der Waals surface area contributed by atoms with Crippen molar-refractivity contribution in [2.45, 2.75) is 25.3 Å². The normalized spacial score (nSPS) is 15.4. The topological polar surface area (TPSA) is 75.6 Å². The third kappa shape index (κ3) is 5.27. The first kappa shape index (κ1) is 16.7. The van der Waals surface area contributed by atoms with Crippen LogP contribution in [0.15, 0.2) is 18.2 Å². The standard InChI is InChI=1S/C15H17ClFNO4/c16-11-4-3-10(5-12(11)17)13(6-15(20)21)18-14(19)8-22-7-9-1-2-9/h3-5,9,13H,1-2,6-8H2,(H,18,19)(H,20,21). The number of halogens is 2. The zero-order valence-corrected chi connectivity index (χ0v) is 12.6. The molecular formula is C15H17ClFNO4. The summed E-state index contributed by atoms with van der Waals surface area (Å²) in [4.78, 5) is 22.7. The van der Waals surface area contributed by atoms with Gasteiger partial charge in [-0.25, -0.2) is 4.39 Å². The predicted octanol–water partition coefficient (Wildman–Crippen LogP) is 2.54. The summed E-state index contributed by atoms with van der Waals surface area (Å²) in [5.74, 6) is -1.65. The Morgan fingerprint density at radius 3 is 2.77 bits per heavy atom. The number of carbonyl (C=O) groups is 2. The van der Waals surface area contributed by atoms with Crippen LogP contribution in [0.25, 0.3) is 0 Å². The number of carbonyl (C=O) groups excluding carboxylic acids is 1. The van der Waals surface area contributed by atoms with E-state index in [9.17, 15) is 14.0 Å². The molecule has 1 aromatic rings. The van der Waals surface area contributed by atoms with Crippen LogP contribution in [-0.2, 0) is 14.3 Å². The van der Waals surface area contributed by atoms with Gasteiger partial charge in [-0.2, -0.15) is 0 Å². The summed E-state index contributed by atoms with van der Waals surface area (Å²) in [6.45, 7) is 0.398. The minimum Gasteiger partial charge on any atom is -0.481 e. The molecule has 0 spiro atoms. The highest BCUT2D eigenvalue weighted by atomic mass is 35.5. The first-order chi connectivity index (χ1) is 10.5. The summed E-state index contributed by atoms with van der Waals surface area (Å²) in [6.07, 6.45) is 1.88. The van der Waals surface area contributed by atoms with Crippen molar-refractivity contribution in [3.05, 3.63) is 34.6 Å². The van der Waals surface area contributed by atoms with Crippen LogP contribution in [0.1, 0.15) is 30.9 Å². The summed E-state index contributed by atoms with van der Waals surface area (Å²) in [5.41, 5.74) is 0.347. The fourth-order valence-electron chi connectivity index (χ4n) is 1.99. The molecule has 120 valence electrons. The fourth-order valence-corrected chi connectivity index (χ4v) is 2.11. The fraction of sp³-hybridized carbons (Fsp3) is 0.467. The van der Waals surface area contributed by atoms with Crippen molar-refractivity contribution >= 4 is 23.5 Å². The van der Waals surface area contributed by atoms with Crippen LogP contribution >= 0.6 is 11.6 Å². The van der Waals surface area contributed by atoms with E-state index in [1.165, 1.54) is 12.1 Å². The van der Waals surface area contributed by atoms with Crippen molar-refractivity contribution in [2.75, 3.05) is 13.2 Å². The number of carboxylic acid groups (broad SMARTS) is 1. The van der Waals surface area contributed by atoms with Gasteiger partial charge < -0.3 is 15.2 Å². The summed E-state index contributed by atoms with van der Waals surface area (Å²) in [6, 6.07) is 3.11. The average Bonchev–Trinajstić information content (AvgIpc) is 3.25. The van der Waals surface area contributed by atoms with Crippen LogP contribution in [0.4, 0.5) is 4.39 Å². The Labute approximate surface area is 132 Å². The van der Waals surface area contributed by atoms with E-state index in [0.29, 0.717) is 18.1 Å². The quantitative estimate of drug-likeness (QED) is 0.768. The highest BCUT2D eigenvalue weighted by Gasteiger charge is 2.23. The number of amides is 1. The van der Waals surface area contributed by atoms with Crippen molar-refractivity contribution in [3.63, 3.8) is 0 Å². The molecule has 2 rings (SSSR count). The lowest BCUT2D eigenvalue weighted by Gasteiger charge is -2.18. The zero-order valence-electron chi connectivity index (χ0n) is 11.9. The maximum absolute atomic E-state index is 13.5. The molecular weight excluding hydrogens is 313 g/mol. The minimum atomic E-state index is -1.10. The molecule has 0 heterocycles. The molecule has 5 nitrogen and oxygen atoms in total. The van der Waals surface area contributed by atoms with E-state index in [1.807, 2.05) is 0 Å². The number of aliphatic carboxylic acids is 1. The molecule has 1 amide bonds. The average molecular weight is 330 g/mol. The van der Waals surface area contributed by atoms with Crippen LogP contribution in [0.3, 0.4) is 0 Å². The van der Waals surface area contributed by atoms with Gasteiger partial charge in [0.05, 0.1) is 24.1 Å². The van der Waals surface area contributed by atoms with E-state index < -0.39 is 23.7 Å². The monoisotopic (exact) mass is 329 g/mol. The van der Waals surface area contributed by atoms with Gasteiger partial charge in [0.15, 0.2) is 0 Å². The molecule has 1 aliphatic carbocycles. The highest BCUT2D eigenvalue weighted by Crippen LogP contribution is 2.28. The smallest absolute Gasteiger partial charge is 0.305 e. The SMILES string of the molecule is O=C(O)CC(NC(=O)COCC1CC1)c1ccc(Cl)c(F)c1. The Morgan fingerprint density at radius 1 is 1.45 bits per heavy atom. The molecule has 1 fully saturated rings. The second-order valence-electron chi connectivity index (χ2n) is 5.35. The highest BCUT2D eigenvalue weighted by molar-refractivity contribution is 6.30. The number of hydrogen-bond acceptors (Lipinski definition) is 3. The van der Waals surface area contributed by atoms with Crippen LogP contribution in [-0.4, -0.2) is 30.2 Å². The first-order valence-corrected chi connectivity index (χ1v) is 7.37. The number of nitrogens with one attached hydrogen (secondary N) is 1. The third-order valence-electron chi connectivity index (χ3n) is 3.34. The van der Waals surface area contributed by atoms with Gasteiger partial charge in [-0.1, -0.05) is 17.7 Å². The molecule has 0 aliphatic heterocycles. The van der Waals surface area contributed by atoms with Gasteiger partial charge in [-0.05, 0) is 36.5 Å². The van der Waals surface area contributed by atoms with Crippen molar-refractivity contribution < 1.29 is 23.8 Å². The van der Waals surface area contributed by atoms with Gasteiger partial charge in [0.2, 0.25) is 5.91 Å². The molecule has 1 unspecified atom stereocenters. The number of hydrogen-bond donors (Lipinski definition) is 2. The summed E-state index contributed by atoms with van der Waals surface area (Å²) >= 11 is 5.60. The van der Waals surface area contributed by atoms with Crippen molar-refractivity contribution in [1.29, 1.82) is 0 Å². The number of rotatable bonds is 8. The number of ether oxygens (including phenoxy) is 1. The Balaban J connectivity index is 1.96. The van der Waals surface area contributed by atoms with E-state index in [0.717, 1.165) is 18.9 Å².